The van der Waals surface area contributed by atoms with Crippen LogP contribution in [-0.4, -0.2) is 42.5 Å². The van der Waals surface area contributed by atoms with Crippen LogP contribution in [0, 0.1) is 0 Å². The van der Waals surface area contributed by atoms with Crippen LogP contribution in [0.4, 0.5) is 5.82 Å². The zero-order valence-electron chi connectivity index (χ0n) is 12.1. The molecule has 0 spiro atoms. The summed E-state index contributed by atoms with van der Waals surface area (Å²) >= 11 is 0. The normalized spacial score (nSPS) is 19.2. The molecule has 20 heavy (non-hydrogen) atoms. The third kappa shape index (κ3) is 2.38. The van der Waals surface area contributed by atoms with Gasteiger partial charge in [0.2, 0.25) is 5.91 Å². The van der Waals surface area contributed by atoms with Crippen molar-refractivity contribution in [3.05, 3.63) is 22.9 Å². The summed E-state index contributed by atoms with van der Waals surface area (Å²) in [5.41, 5.74) is 9.50. The van der Waals surface area contributed by atoms with Gasteiger partial charge >= 0.3 is 0 Å². The molecule has 0 saturated carbocycles. The molecule has 2 aliphatic rings. The molecule has 108 valence electrons. The maximum Gasteiger partial charge on any atom is 0.241 e. The summed E-state index contributed by atoms with van der Waals surface area (Å²) in [7, 11) is 1.87. The van der Waals surface area contributed by atoms with Crippen molar-refractivity contribution in [3.63, 3.8) is 0 Å². The van der Waals surface area contributed by atoms with Crippen molar-refractivity contribution in [2.45, 2.75) is 32.2 Å². The third-order valence-electron chi connectivity index (χ3n) is 4.30. The van der Waals surface area contributed by atoms with E-state index >= 15 is 0 Å². The number of anilines is 1. The van der Waals surface area contributed by atoms with E-state index in [9.17, 15) is 4.79 Å². The van der Waals surface area contributed by atoms with Crippen LogP contribution in [0.2, 0.25) is 0 Å². The van der Waals surface area contributed by atoms with E-state index in [2.05, 4.69) is 11.0 Å². The van der Waals surface area contributed by atoms with Gasteiger partial charge in [0.1, 0.15) is 5.82 Å². The molecule has 2 N–H and O–H groups in total. The van der Waals surface area contributed by atoms with Crippen molar-refractivity contribution >= 4 is 11.7 Å². The predicted octanol–water partition coefficient (Wildman–Crippen LogP) is 0.697. The third-order valence-corrected chi connectivity index (χ3v) is 4.30. The molecule has 1 saturated heterocycles. The number of pyridine rings is 1. The van der Waals surface area contributed by atoms with E-state index in [0.29, 0.717) is 13.1 Å². The molecular weight excluding hydrogens is 252 g/mol. The first-order chi connectivity index (χ1) is 9.69. The Bertz CT molecular complexity index is 529. The van der Waals surface area contributed by atoms with Crippen LogP contribution in [-0.2, 0) is 24.2 Å². The van der Waals surface area contributed by atoms with E-state index < -0.39 is 0 Å². The average molecular weight is 274 g/mol. The highest BCUT2D eigenvalue weighted by Gasteiger charge is 2.24. The number of nitrogens with two attached hydrogens (primary N) is 1. The summed E-state index contributed by atoms with van der Waals surface area (Å²) in [5, 5.41) is 0. The van der Waals surface area contributed by atoms with Gasteiger partial charge in [-0.05, 0) is 37.3 Å². The van der Waals surface area contributed by atoms with Gasteiger partial charge in [0.05, 0.1) is 6.54 Å². The summed E-state index contributed by atoms with van der Waals surface area (Å²) in [4.78, 5) is 20.8. The monoisotopic (exact) mass is 274 g/mol. The Balaban J connectivity index is 1.94. The lowest BCUT2D eigenvalue weighted by Crippen LogP contribution is -2.35. The molecule has 0 atom stereocenters. The molecule has 0 aromatic carbocycles. The summed E-state index contributed by atoms with van der Waals surface area (Å²) < 4.78 is 0. The average Bonchev–Trinajstić information content (AvgIpc) is 2.84. The second-order valence-corrected chi connectivity index (χ2v) is 5.72. The van der Waals surface area contributed by atoms with Crippen molar-refractivity contribution in [2.24, 2.45) is 5.73 Å². The van der Waals surface area contributed by atoms with Crippen LogP contribution in [0.3, 0.4) is 0 Å². The second-order valence-electron chi connectivity index (χ2n) is 5.72. The SMILES string of the molecule is CN1CCCN(c2nc3c(cc2CN)CCC3)CC1=O. The Hall–Kier alpha value is -1.62. The van der Waals surface area contributed by atoms with Crippen LogP contribution in [0.15, 0.2) is 6.07 Å². The molecular formula is C15H22N4O. The Kier molecular flexibility index (Phi) is 3.61. The van der Waals surface area contributed by atoms with Gasteiger partial charge in [0.15, 0.2) is 0 Å². The minimum absolute atomic E-state index is 0.160. The lowest BCUT2D eigenvalue weighted by atomic mass is 10.1. The lowest BCUT2D eigenvalue weighted by Gasteiger charge is -2.24. The maximum absolute atomic E-state index is 12.1. The Labute approximate surface area is 119 Å². The van der Waals surface area contributed by atoms with E-state index in [1.54, 1.807) is 4.90 Å². The number of carbonyl (C=O) groups is 1. The van der Waals surface area contributed by atoms with Gasteiger partial charge in [0.25, 0.3) is 0 Å². The quantitative estimate of drug-likeness (QED) is 0.862. The van der Waals surface area contributed by atoms with E-state index in [1.807, 2.05) is 7.05 Å². The Morgan fingerprint density at radius 1 is 1.30 bits per heavy atom. The van der Waals surface area contributed by atoms with Gasteiger partial charge < -0.3 is 15.5 Å². The highest BCUT2D eigenvalue weighted by molar-refractivity contribution is 5.81. The number of amides is 1. The van der Waals surface area contributed by atoms with Gasteiger partial charge in [-0.2, -0.15) is 0 Å². The molecule has 0 radical (unpaired) electrons. The summed E-state index contributed by atoms with van der Waals surface area (Å²) in [6, 6.07) is 2.20. The first-order valence-electron chi connectivity index (χ1n) is 7.39. The molecule has 1 fully saturated rings. The fourth-order valence-electron chi connectivity index (χ4n) is 3.10. The van der Waals surface area contributed by atoms with Gasteiger partial charge in [-0.1, -0.05) is 0 Å². The molecule has 5 nitrogen and oxygen atoms in total. The minimum atomic E-state index is 0.160. The number of aryl methyl sites for hydroxylation is 2. The largest absolute Gasteiger partial charge is 0.347 e. The van der Waals surface area contributed by atoms with Crippen molar-refractivity contribution in [3.8, 4) is 0 Å². The number of hydrogen-bond acceptors (Lipinski definition) is 4. The zero-order valence-corrected chi connectivity index (χ0v) is 12.1. The molecule has 2 heterocycles. The van der Waals surface area contributed by atoms with Gasteiger partial charge in [-0.3, -0.25) is 4.79 Å². The highest BCUT2D eigenvalue weighted by atomic mass is 16.2. The molecule has 1 aromatic heterocycles. The molecule has 0 unspecified atom stereocenters. The zero-order chi connectivity index (χ0) is 14.1. The van der Waals surface area contributed by atoms with Crippen molar-refractivity contribution in [2.75, 3.05) is 31.6 Å². The first kappa shape index (κ1) is 13.4. The van der Waals surface area contributed by atoms with Crippen molar-refractivity contribution < 1.29 is 4.79 Å². The van der Waals surface area contributed by atoms with Crippen molar-refractivity contribution in [1.29, 1.82) is 0 Å². The van der Waals surface area contributed by atoms with Crippen LogP contribution in [0.1, 0.15) is 29.7 Å². The number of carbonyl (C=O) groups excluding carboxylic acids is 1. The Morgan fingerprint density at radius 3 is 2.95 bits per heavy atom. The van der Waals surface area contributed by atoms with Gasteiger partial charge in [0, 0.05) is 37.9 Å². The maximum atomic E-state index is 12.1. The minimum Gasteiger partial charge on any atom is -0.347 e. The van der Waals surface area contributed by atoms with Crippen molar-refractivity contribution in [1.82, 2.24) is 9.88 Å². The second kappa shape index (κ2) is 5.40. The molecule has 1 aromatic rings. The molecule has 3 rings (SSSR count). The number of likely N-dealkylation sites (N-methyl/N-ethyl adjacent to an activating group) is 1. The molecule has 1 amide bonds. The topological polar surface area (TPSA) is 62.5 Å². The smallest absolute Gasteiger partial charge is 0.241 e. The standard InChI is InChI=1S/C15H22N4O/c1-18-6-3-7-19(10-14(18)20)15-12(9-16)8-11-4-2-5-13(11)17-15/h8H,2-7,9-10,16H2,1H3. The Morgan fingerprint density at radius 2 is 2.15 bits per heavy atom. The fraction of sp³-hybridized carbons (Fsp3) is 0.600. The van der Waals surface area contributed by atoms with Crippen LogP contribution >= 0.6 is 0 Å². The molecule has 0 bridgehead atoms. The van der Waals surface area contributed by atoms with E-state index in [4.69, 9.17) is 10.7 Å². The number of hydrogen-bond donors (Lipinski definition) is 1. The number of rotatable bonds is 2. The van der Waals surface area contributed by atoms with E-state index in [1.165, 1.54) is 17.7 Å². The number of aromatic nitrogens is 1. The highest BCUT2D eigenvalue weighted by Crippen LogP contribution is 2.27. The predicted molar refractivity (Wildman–Crippen MR) is 78.6 cm³/mol. The van der Waals surface area contributed by atoms with Gasteiger partial charge in [-0.25, -0.2) is 4.98 Å². The van der Waals surface area contributed by atoms with Crippen LogP contribution in [0.5, 0.6) is 0 Å². The van der Waals surface area contributed by atoms with Crippen LogP contribution < -0.4 is 10.6 Å². The summed E-state index contributed by atoms with van der Waals surface area (Å²) in [6.07, 6.45) is 4.31. The molecule has 1 aliphatic heterocycles. The summed E-state index contributed by atoms with van der Waals surface area (Å²) in [5.74, 6) is 1.09. The fourth-order valence-corrected chi connectivity index (χ4v) is 3.10. The molecule has 1 aliphatic carbocycles. The summed E-state index contributed by atoms with van der Waals surface area (Å²) in [6.45, 7) is 2.58. The van der Waals surface area contributed by atoms with E-state index in [0.717, 1.165) is 43.7 Å². The molecule has 5 heteroatoms. The first-order valence-corrected chi connectivity index (χ1v) is 7.39. The van der Waals surface area contributed by atoms with E-state index in [-0.39, 0.29) is 5.91 Å². The number of fused-ring (bicyclic) bond motifs is 1. The van der Waals surface area contributed by atoms with Gasteiger partial charge in [-0.15, -0.1) is 0 Å². The number of nitrogens with zero attached hydrogens (tertiary/aromatic N) is 3. The lowest BCUT2D eigenvalue weighted by molar-refractivity contribution is -0.127. The van der Waals surface area contributed by atoms with Crippen LogP contribution in [0.25, 0.3) is 0 Å².